The number of aromatic nitrogens is 3. The van der Waals surface area contributed by atoms with E-state index in [2.05, 4.69) is 62.1 Å². The molecule has 4 aromatic rings. The summed E-state index contributed by atoms with van der Waals surface area (Å²) in [5.41, 5.74) is 3.28. The normalized spacial score (nSPS) is 21.8. The van der Waals surface area contributed by atoms with Gasteiger partial charge in [0.1, 0.15) is 6.33 Å². The number of nitrogens with one attached hydrogen (secondary N) is 1. The second-order valence-corrected chi connectivity index (χ2v) is 13.1. The van der Waals surface area contributed by atoms with Crippen molar-refractivity contribution in [2.75, 3.05) is 46.1 Å². The molecule has 0 spiro atoms. The lowest BCUT2D eigenvalue weighted by Crippen LogP contribution is -2.52. The molecule has 1 aromatic carbocycles. The van der Waals surface area contributed by atoms with E-state index in [0.29, 0.717) is 19.7 Å². The second kappa shape index (κ2) is 10.0. The summed E-state index contributed by atoms with van der Waals surface area (Å²) >= 11 is 1.74. The highest BCUT2D eigenvalue weighted by Crippen LogP contribution is 2.39. The van der Waals surface area contributed by atoms with Crippen molar-refractivity contribution in [3.63, 3.8) is 0 Å². The van der Waals surface area contributed by atoms with E-state index >= 15 is 0 Å². The van der Waals surface area contributed by atoms with Crippen molar-refractivity contribution in [3.05, 3.63) is 59.5 Å². The van der Waals surface area contributed by atoms with Gasteiger partial charge in [0.15, 0.2) is 0 Å². The number of morpholine rings is 1. The largest absolute Gasteiger partial charge is 0.371 e. The number of thiophene rings is 1. The Morgan fingerprint density at radius 3 is 2.84 bits per heavy atom. The monoisotopic (exact) mass is 540 g/mol. The summed E-state index contributed by atoms with van der Waals surface area (Å²) in [6.07, 6.45) is 8.37. The number of hydrogen-bond acceptors (Lipinski definition) is 8. The molecule has 9 nitrogen and oxygen atoms in total. The van der Waals surface area contributed by atoms with Gasteiger partial charge in [-0.25, -0.2) is 22.7 Å². The summed E-state index contributed by atoms with van der Waals surface area (Å²) < 4.78 is 33.2. The van der Waals surface area contributed by atoms with Gasteiger partial charge in [-0.2, -0.15) is 0 Å². The number of piperidine rings is 1. The maximum atomic E-state index is 12.1. The van der Waals surface area contributed by atoms with Crippen LogP contribution in [0.5, 0.6) is 0 Å². The number of aromatic amines is 1. The molecule has 6 rings (SSSR count). The van der Waals surface area contributed by atoms with Gasteiger partial charge in [-0.05, 0) is 43.7 Å². The molecule has 0 amide bonds. The van der Waals surface area contributed by atoms with Crippen molar-refractivity contribution in [1.29, 1.82) is 0 Å². The first kappa shape index (κ1) is 24.9. The Hall–Kier alpha value is -2.41. The summed E-state index contributed by atoms with van der Waals surface area (Å²) in [7, 11) is -0.985. The van der Waals surface area contributed by atoms with Crippen molar-refractivity contribution in [2.45, 2.75) is 31.2 Å². The Kier molecular flexibility index (Phi) is 6.76. The summed E-state index contributed by atoms with van der Waals surface area (Å²) in [5.74, 6) is 0. The molecule has 37 heavy (non-hydrogen) atoms. The second-order valence-electron chi connectivity index (χ2n) is 9.99. The fraction of sp³-hybridized carbons (Fsp3) is 0.462. The molecule has 11 heteroatoms. The number of hydrogen-bond donors (Lipinski definition) is 1. The minimum atomic E-state index is -3.16. The van der Waals surface area contributed by atoms with Crippen LogP contribution in [0.4, 0.5) is 0 Å². The lowest BCUT2D eigenvalue weighted by atomic mass is 10.0. The van der Waals surface area contributed by atoms with Crippen LogP contribution in [0.3, 0.4) is 0 Å². The predicted octanol–water partition coefficient (Wildman–Crippen LogP) is 3.60. The van der Waals surface area contributed by atoms with Gasteiger partial charge in [0.05, 0.1) is 35.3 Å². The van der Waals surface area contributed by atoms with Crippen molar-refractivity contribution in [1.82, 2.24) is 29.1 Å². The molecule has 2 fully saturated rings. The Morgan fingerprint density at radius 1 is 1.22 bits per heavy atom. The van der Waals surface area contributed by atoms with E-state index in [1.54, 1.807) is 22.0 Å². The average molecular weight is 541 g/mol. The zero-order valence-corrected chi connectivity index (χ0v) is 22.7. The summed E-state index contributed by atoms with van der Waals surface area (Å²) in [4.78, 5) is 18.2. The fourth-order valence-corrected chi connectivity index (χ4v) is 7.87. The highest BCUT2D eigenvalue weighted by molar-refractivity contribution is 7.88. The van der Waals surface area contributed by atoms with Crippen LogP contribution < -0.4 is 0 Å². The van der Waals surface area contributed by atoms with Crippen molar-refractivity contribution >= 4 is 42.5 Å². The number of H-pyrrole nitrogens is 1. The van der Waals surface area contributed by atoms with Crippen LogP contribution in [-0.4, -0.2) is 89.6 Å². The smallest absolute Gasteiger partial charge is 0.211 e. The molecule has 0 radical (unpaired) electrons. The van der Waals surface area contributed by atoms with E-state index in [1.807, 2.05) is 12.4 Å². The van der Waals surface area contributed by atoms with Gasteiger partial charge < -0.3 is 9.72 Å². The lowest BCUT2D eigenvalue weighted by molar-refractivity contribution is -0.0821. The quantitative estimate of drug-likeness (QED) is 0.399. The van der Waals surface area contributed by atoms with Gasteiger partial charge in [0.25, 0.3) is 0 Å². The number of rotatable bonds is 6. The molecule has 2 unspecified atom stereocenters. The molecule has 0 aliphatic carbocycles. The molecule has 2 saturated heterocycles. The van der Waals surface area contributed by atoms with Crippen LogP contribution in [-0.2, 0) is 14.8 Å². The molecule has 3 aromatic heterocycles. The van der Waals surface area contributed by atoms with E-state index in [9.17, 15) is 8.42 Å². The van der Waals surface area contributed by atoms with Crippen LogP contribution in [0.15, 0.2) is 49.1 Å². The van der Waals surface area contributed by atoms with E-state index in [4.69, 9.17) is 4.74 Å². The van der Waals surface area contributed by atoms with Crippen molar-refractivity contribution in [3.8, 4) is 0 Å². The van der Waals surface area contributed by atoms with Gasteiger partial charge in [0, 0.05) is 60.4 Å². The predicted molar refractivity (Wildman–Crippen MR) is 146 cm³/mol. The van der Waals surface area contributed by atoms with E-state index in [0.717, 1.165) is 41.7 Å². The third kappa shape index (κ3) is 4.91. The minimum absolute atomic E-state index is 0.0332. The SMILES string of the molecule is CN(C1CCN(S(C)(=O)=O)CC1)C(c1cc2ncncc2s1)N1CCOC(c2cccc3[nH]ccc23)C1. The molecule has 0 bridgehead atoms. The molecular weight excluding hydrogens is 508 g/mol. The first-order valence-electron chi connectivity index (χ1n) is 12.7. The Morgan fingerprint density at radius 2 is 2.05 bits per heavy atom. The zero-order valence-electron chi connectivity index (χ0n) is 21.1. The number of fused-ring (bicyclic) bond motifs is 2. The van der Waals surface area contributed by atoms with Gasteiger partial charge in [-0.3, -0.25) is 9.80 Å². The molecule has 2 aliphatic rings. The number of ether oxygens (including phenoxy) is 1. The summed E-state index contributed by atoms with van der Waals surface area (Å²) in [5, 5.41) is 1.20. The van der Waals surface area contributed by atoms with Crippen LogP contribution in [0.1, 0.15) is 35.6 Å². The number of nitrogens with zero attached hydrogens (tertiary/aromatic N) is 5. The van der Waals surface area contributed by atoms with Crippen LogP contribution in [0, 0.1) is 0 Å². The van der Waals surface area contributed by atoms with Gasteiger partial charge in [-0.1, -0.05) is 12.1 Å². The van der Waals surface area contributed by atoms with E-state index in [-0.39, 0.29) is 18.3 Å². The number of benzene rings is 1. The third-order valence-corrected chi connectivity index (χ3v) is 10.1. The van der Waals surface area contributed by atoms with E-state index < -0.39 is 10.0 Å². The first-order valence-corrected chi connectivity index (χ1v) is 15.3. The summed E-state index contributed by atoms with van der Waals surface area (Å²) in [6, 6.07) is 10.9. The highest BCUT2D eigenvalue weighted by Gasteiger charge is 2.37. The maximum Gasteiger partial charge on any atom is 0.211 e. The molecule has 5 heterocycles. The molecule has 196 valence electrons. The van der Waals surface area contributed by atoms with Gasteiger partial charge in [-0.15, -0.1) is 11.3 Å². The topological polar surface area (TPSA) is 94.7 Å². The zero-order chi connectivity index (χ0) is 25.6. The Bertz CT molecular complexity index is 1460. The number of sulfonamides is 1. The Balaban J connectivity index is 1.31. The molecule has 2 aliphatic heterocycles. The molecule has 1 N–H and O–H groups in total. The van der Waals surface area contributed by atoms with Gasteiger partial charge >= 0.3 is 0 Å². The van der Waals surface area contributed by atoms with Crippen LogP contribution >= 0.6 is 11.3 Å². The third-order valence-electron chi connectivity index (χ3n) is 7.74. The standard InChI is InChI=1S/C26H32N6O3S2/c1-30(18-7-10-32(11-8-18)37(2,33)34)26(24-14-22-25(36-24)15-27-17-29-22)31-12-13-35-23(16-31)20-4-3-5-21-19(20)6-9-28-21/h3-6,9,14-15,17-18,23,26,28H,7-8,10-13,16H2,1-2H3. The van der Waals surface area contributed by atoms with Crippen LogP contribution in [0.2, 0.25) is 0 Å². The van der Waals surface area contributed by atoms with Gasteiger partial charge in [0.2, 0.25) is 10.0 Å². The highest BCUT2D eigenvalue weighted by atomic mass is 32.2. The molecule has 2 atom stereocenters. The molecule has 0 saturated carbocycles. The fourth-order valence-electron chi connectivity index (χ4n) is 5.82. The van der Waals surface area contributed by atoms with E-state index in [1.165, 1.54) is 22.1 Å². The summed E-state index contributed by atoms with van der Waals surface area (Å²) in [6.45, 7) is 3.34. The molecular formula is C26H32N6O3S2. The average Bonchev–Trinajstić information content (AvgIpc) is 3.55. The van der Waals surface area contributed by atoms with Crippen molar-refractivity contribution < 1.29 is 13.2 Å². The lowest BCUT2D eigenvalue weighted by Gasteiger charge is -2.46. The maximum absolute atomic E-state index is 12.1. The minimum Gasteiger partial charge on any atom is -0.371 e. The Labute approximate surface area is 221 Å². The van der Waals surface area contributed by atoms with Crippen molar-refractivity contribution in [2.24, 2.45) is 0 Å². The first-order chi connectivity index (χ1) is 17.9. The van der Waals surface area contributed by atoms with Crippen LogP contribution in [0.25, 0.3) is 21.1 Å².